The molecule has 5 heteroatoms. The first kappa shape index (κ1) is 9.75. The van der Waals surface area contributed by atoms with Gasteiger partial charge in [-0.2, -0.15) is 0 Å². The number of nitrogens with zero attached hydrogens (tertiary/aromatic N) is 2. The second-order valence-electron chi connectivity index (χ2n) is 3.55. The minimum absolute atomic E-state index is 0.461. The molecule has 0 radical (unpaired) electrons. The van der Waals surface area contributed by atoms with Crippen LogP contribution >= 0.6 is 34.3 Å². The number of alkyl halides is 1. The van der Waals surface area contributed by atoms with Crippen LogP contribution in [0.25, 0.3) is 9.88 Å². The smallest absolute Gasteiger partial charge is 0.142 e. The first-order chi connectivity index (χ1) is 7.36. The Labute approximate surface area is 101 Å². The van der Waals surface area contributed by atoms with E-state index in [0.29, 0.717) is 5.88 Å². The number of hydrogen-bond acceptors (Lipinski definition) is 4. The number of halogens is 1. The first-order valence-electron chi connectivity index (χ1n) is 4.87. The summed E-state index contributed by atoms with van der Waals surface area (Å²) in [5.41, 5.74) is 1.51. The predicted octanol–water partition coefficient (Wildman–Crippen LogP) is 3.49. The molecule has 0 atom stereocenters. The molecule has 0 fully saturated rings. The molecular weight excluding hydrogens is 248 g/mol. The van der Waals surface area contributed by atoms with Gasteiger partial charge in [-0.05, 0) is 30.9 Å². The molecule has 2 nitrogen and oxygen atoms in total. The molecule has 2 aromatic rings. The highest BCUT2D eigenvalue weighted by atomic mass is 35.5. The number of hydrogen-bond donors (Lipinski definition) is 0. The third-order valence-electron chi connectivity index (χ3n) is 2.54. The molecular formula is C10H9ClN2S2. The monoisotopic (exact) mass is 256 g/mol. The Morgan fingerprint density at radius 2 is 2.20 bits per heavy atom. The lowest BCUT2D eigenvalue weighted by Crippen LogP contribution is -1.74. The topological polar surface area (TPSA) is 25.8 Å². The van der Waals surface area contributed by atoms with Gasteiger partial charge in [0.05, 0.1) is 10.8 Å². The molecule has 0 aromatic carbocycles. The highest BCUT2D eigenvalue weighted by Crippen LogP contribution is 2.37. The van der Waals surface area contributed by atoms with Crippen molar-refractivity contribution < 1.29 is 0 Å². The normalized spacial score (nSPS) is 14.5. The Bertz CT molecular complexity index is 468. The fraction of sp³-hybridized carbons (Fsp3) is 0.400. The number of aromatic nitrogens is 2. The van der Waals surface area contributed by atoms with Crippen molar-refractivity contribution >= 4 is 34.3 Å². The zero-order valence-corrected chi connectivity index (χ0v) is 10.4. The maximum absolute atomic E-state index is 5.71. The summed E-state index contributed by atoms with van der Waals surface area (Å²) in [6.07, 6.45) is 3.78. The van der Waals surface area contributed by atoms with Crippen molar-refractivity contribution in [2.45, 2.75) is 25.1 Å². The maximum atomic E-state index is 5.71. The lowest BCUT2D eigenvalue weighted by molar-refractivity contribution is 0.915. The van der Waals surface area contributed by atoms with Crippen molar-refractivity contribution in [2.24, 2.45) is 0 Å². The van der Waals surface area contributed by atoms with E-state index in [0.717, 1.165) is 10.0 Å². The standard InChI is InChI=1S/C10H9ClN2S2/c11-5-9-12-13-10(15-9)8-4-6-2-1-3-7(6)14-8/h4H,1-3,5H2. The SMILES string of the molecule is ClCc1nnc(-c2cc3c(s2)CCC3)s1. The van der Waals surface area contributed by atoms with Crippen molar-refractivity contribution in [1.29, 1.82) is 0 Å². The van der Waals surface area contributed by atoms with Gasteiger partial charge >= 0.3 is 0 Å². The van der Waals surface area contributed by atoms with E-state index in [2.05, 4.69) is 16.3 Å². The van der Waals surface area contributed by atoms with Crippen molar-refractivity contribution in [2.75, 3.05) is 0 Å². The Morgan fingerprint density at radius 3 is 2.93 bits per heavy atom. The van der Waals surface area contributed by atoms with Gasteiger partial charge in [-0.15, -0.1) is 33.1 Å². The largest absolute Gasteiger partial charge is 0.157 e. The number of thiophene rings is 1. The maximum Gasteiger partial charge on any atom is 0.157 e. The summed E-state index contributed by atoms with van der Waals surface area (Å²) in [5.74, 6) is 0.461. The van der Waals surface area contributed by atoms with Crippen molar-refractivity contribution in [1.82, 2.24) is 10.2 Å². The summed E-state index contributed by atoms with van der Waals surface area (Å²) in [6.45, 7) is 0. The van der Waals surface area contributed by atoms with E-state index in [-0.39, 0.29) is 0 Å². The van der Waals surface area contributed by atoms with Gasteiger partial charge in [0.1, 0.15) is 5.01 Å². The van der Waals surface area contributed by atoms with Gasteiger partial charge in [0.25, 0.3) is 0 Å². The Morgan fingerprint density at radius 1 is 1.27 bits per heavy atom. The Kier molecular flexibility index (Phi) is 2.50. The average Bonchev–Trinajstić information content (AvgIpc) is 2.91. The molecule has 1 aliphatic rings. The van der Waals surface area contributed by atoms with Crippen LogP contribution < -0.4 is 0 Å². The highest BCUT2D eigenvalue weighted by molar-refractivity contribution is 7.21. The number of rotatable bonds is 2. The van der Waals surface area contributed by atoms with Gasteiger partial charge in [-0.25, -0.2) is 0 Å². The molecule has 0 aliphatic heterocycles. The summed E-state index contributed by atoms with van der Waals surface area (Å²) >= 11 is 9.18. The molecule has 0 spiro atoms. The van der Waals surface area contributed by atoms with E-state index in [1.54, 1.807) is 11.3 Å². The quantitative estimate of drug-likeness (QED) is 0.769. The zero-order chi connectivity index (χ0) is 10.3. The molecule has 2 aromatic heterocycles. The summed E-state index contributed by atoms with van der Waals surface area (Å²) < 4.78 is 0. The molecule has 0 saturated heterocycles. The van der Waals surface area contributed by atoms with Crippen LogP contribution in [0.2, 0.25) is 0 Å². The third kappa shape index (κ3) is 1.71. The van der Waals surface area contributed by atoms with Gasteiger partial charge in [0.15, 0.2) is 5.01 Å². The Hall–Kier alpha value is -0.450. The Balaban J connectivity index is 1.98. The van der Waals surface area contributed by atoms with E-state index >= 15 is 0 Å². The van der Waals surface area contributed by atoms with Gasteiger partial charge < -0.3 is 0 Å². The van der Waals surface area contributed by atoms with E-state index in [9.17, 15) is 0 Å². The van der Waals surface area contributed by atoms with Gasteiger partial charge in [0, 0.05) is 4.88 Å². The minimum Gasteiger partial charge on any atom is -0.142 e. The zero-order valence-electron chi connectivity index (χ0n) is 7.99. The molecule has 0 amide bonds. The van der Waals surface area contributed by atoms with Crippen LogP contribution in [0.5, 0.6) is 0 Å². The van der Waals surface area contributed by atoms with Crippen LogP contribution in [-0.2, 0) is 18.7 Å². The molecule has 0 saturated carbocycles. The van der Waals surface area contributed by atoms with E-state index in [1.807, 2.05) is 11.3 Å². The summed E-state index contributed by atoms with van der Waals surface area (Å²) in [5, 5.41) is 10.1. The number of fused-ring (bicyclic) bond motifs is 1. The van der Waals surface area contributed by atoms with Crippen LogP contribution in [-0.4, -0.2) is 10.2 Å². The predicted molar refractivity (Wildman–Crippen MR) is 64.8 cm³/mol. The van der Waals surface area contributed by atoms with Gasteiger partial charge in [-0.1, -0.05) is 11.3 Å². The molecule has 78 valence electrons. The van der Waals surface area contributed by atoms with Crippen LogP contribution in [0.4, 0.5) is 0 Å². The lowest BCUT2D eigenvalue weighted by Gasteiger charge is -1.87. The van der Waals surface area contributed by atoms with Crippen molar-refractivity contribution in [3.63, 3.8) is 0 Å². The molecule has 0 unspecified atom stereocenters. The van der Waals surface area contributed by atoms with E-state index in [4.69, 9.17) is 11.6 Å². The second kappa shape index (κ2) is 3.85. The molecule has 3 rings (SSSR count). The van der Waals surface area contributed by atoms with Crippen LogP contribution in [0.1, 0.15) is 21.9 Å². The van der Waals surface area contributed by atoms with Crippen molar-refractivity contribution in [3.05, 3.63) is 21.5 Å². The molecule has 0 bridgehead atoms. The molecule has 0 N–H and O–H groups in total. The van der Waals surface area contributed by atoms with Crippen LogP contribution in [0, 0.1) is 0 Å². The van der Waals surface area contributed by atoms with Crippen LogP contribution in [0.15, 0.2) is 6.07 Å². The van der Waals surface area contributed by atoms with Crippen LogP contribution in [0.3, 0.4) is 0 Å². The third-order valence-corrected chi connectivity index (χ3v) is 5.28. The summed E-state index contributed by atoms with van der Waals surface area (Å²) in [6, 6.07) is 2.27. The van der Waals surface area contributed by atoms with Gasteiger partial charge in [0.2, 0.25) is 0 Å². The second-order valence-corrected chi connectivity index (χ2v) is 6.01. The fourth-order valence-corrected chi connectivity index (χ4v) is 4.04. The van der Waals surface area contributed by atoms with E-state index in [1.165, 1.54) is 34.6 Å². The van der Waals surface area contributed by atoms with E-state index < -0.39 is 0 Å². The molecule has 1 aliphatic carbocycles. The van der Waals surface area contributed by atoms with Crippen molar-refractivity contribution in [3.8, 4) is 9.88 Å². The first-order valence-corrected chi connectivity index (χ1v) is 7.04. The molecule has 2 heterocycles. The summed E-state index contributed by atoms with van der Waals surface area (Å²) in [7, 11) is 0. The van der Waals surface area contributed by atoms with Gasteiger partial charge in [-0.3, -0.25) is 0 Å². The summed E-state index contributed by atoms with van der Waals surface area (Å²) in [4.78, 5) is 2.79. The average molecular weight is 257 g/mol. The molecule has 15 heavy (non-hydrogen) atoms. The number of aryl methyl sites for hydroxylation is 2. The lowest BCUT2D eigenvalue weighted by atomic mass is 10.2. The fourth-order valence-electron chi connectivity index (χ4n) is 1.84. The minimum atomic E-state index is 0.461. The highest BCUT2D eigenvalue weighted by Gasteiger charge is 2.17.